The minimum absolute atomic E-state index is 0.348. The number of rotatable bonds is 6. The zero-order valence-electron chi connectivity index (χ0n) is 37.8. The predicted molar refractivity (Wildman–Crippen MR) is 270 cm³/mol. The largest absolute Gasteiger partial charge is 0.0894 e. The number of fused-ring (bicyclic) bond motifs is 8. The zero-order valence-corrected chi connectivity index (χ0v) is 36.5. The molecule has 0 aromatic heterocycles. The van der Waals surface area contributed by atoms with Gasteiger partial charge in [0.25, 0.3) is 0 Å². The van der Waals surface area contributed by atoms with Gasteiger partial charge in [-0.3, -0.25) is 0 Å². The Morgan fingerprint density at radius 2 is 0.688 bits per heavy atom. The Kier molecular flexibility index (Phi) is 8.79. The van der Waals surface area contributed by atoms with Gasteiger partial charge in [-0.25, -0.2) is 0 Å². The van der Waals surface area contributed by atoms with Crippen molar-refractivity contribution < 1.29 is 4.11 Å². The van der Waals surface area contributed by atoms with Crippen LogP contribution in [0.15, 0.2) is 256 Å². The first-order valence-electron chi connectivity index (χ1n) is 23.3. The van der Waals surface area contributed by atoms with Crippen LogP contribution < -0.4 is 0 Å². The van der Waals surface area contributed by atoms with E-state index in [1.165, 1.54) is 26.5 Å². The summed E-state index contributed by atoms with van der Waals surface area (Å²) in [6, 6.07) is 84.1. The molecule has 1 spiro atoms. The van der Waals surface area contributed by atoms with E-state index in [4.69, 9.17) is 4.11 Å². The lowest BCUT2D eigenvalue weighted by Gasteiger charge is -2.46. The van der Waals surface area contributed by atoms with Gasteiger partial charge in [-0.05, 0) is 126 Å². The molecule has 2 aliphatic heterocycles. The van der Waals surface area contributed by atoms with E-state index in [0.29, 0.717) is 5.56 Å². The van der Waals surface area contributed by atoms with Crippen molar-refractivity contribution in [3.05, 3.63) is 264 Å². The van der Waals surface area contributed by atoms with Crippen LogP contribution >= 0.6 is 23.5 Å². The molecule has 0 nitrogen and oxygen atoms in total. The van der Waals surface area contributed by atoms with Gasteiger partial charge in [0.1, 0.15) is 0 Å². The van der Waals surface area contributed by atoms with Crippen molar-refractivity contribution in [1.29, 1.82) is 0 Å². The molecule has 0 unspecified atom stereocenters. The fourth-order valence-corrected chi connectivity index (χ4v) is 12.8. The fraction of sp³-hybridized carbons (Fsp3) is 0.0323. The summed E-state index contributed by atoms with van der Waals surface area (Å²) >= 11 is 3.50. The number of aryl methyl sites for hydroxylation is 1. The summed E-state index contributed by atoms with van der Waals surface area (Å²) < 4.78 is 27.1. The second-order valence-electron chi connectivity index (χ2n) is 16.4. The molecule has 0 amide bonds. The molecule has 12 rings (SSSR count). The second-order valence-corrected chi connectivity index (χ2v) is 18.6. The van der Waals surface area contributed by atoms with Crippen LogP contribution in [0.25, 0.3) is 66.8 Å². The van der Waals surface area contributed by atoms with E-state index in [1.54, 1.807) is 11.8 Å². The van der Waals surface area contributed by atoms with Crippen LogP contribution in [0.3, 0.4) is 0 Å². The summed E-state index contributed by atoms with van der Waals surface area (Å²) in [6.07, 6.45) is 0. The monoisotopic (exact) mass is 853 g/mol. The smallest absolute Gasteiger partial charge is 0.0745 e. The van der Waals surface area contributed by atoms with Crippen molar-refractivity contribution >= 4 is 23.5 Å². The van der Waals surface area contributed by atoms with Crippen molar-refractivity contribution in [1.82, 2.24) is 0 Å². The average molecular weight is 854 g/mol. The fourth-order valence-electron chi connectivity index (χ4n) is 10.2. The quantitative estimate of drug-likeness (QED) is 0.163. The molecule has 2 heterocycles. The Hall–Kier alpha value is -7.10. The molecule has 2 heteroatoms. The zero-order chi connectivity index (χ0) is 45.1. The third kappa shape index (κ3) is 6.16. The van der Waals surface area contributed by atoms with Crippen LogP contribution in [0.1, 0.15) is 31.9 Å². The molecule has 0 saturated carbocycles. The maximum Gasteiger partial charge on any atom is 0.0745 e. The van der Waals surface area contributed by atoms with Gasteiger partial charge in [-0.2, -0.15) is 0 Å². The predicted octanol–water partition coefficient (Wildman–Crippen LogP) is 17.3. The highest BCUT2D eigenvalue weighted by Crippen LogP contribution is 2.63. The molecule has 0 saturated heterocycles. The maximum atomic E-state index is 9.04. The minimum Gasteiger partial charge on any atom is -0.0894 e. The molecule has 0 radical (unpaired) electrons. The lowest BCUT2D eigenvalue weighted by Crippen LogP contribution is -2.36. The topological polar surface area (TPSA) is 0 Å². The van der Waals surface area contributed by atoms with Crippen molar-refractivity contribution in [2.75, 3.05) is 0 Å². The molecule has 0 bridgehead atoms. The third-order valence-electron chi connectivity index (χ3n) is 13.0. The van der Waals surface area contributed by atoms with E-state index in [1.807, 2.05) is 17.8 Å². The van der Waals surface area contributed by atoms with Gasteiger partial charge in [-0.15, -0.1) is 0 Å². The summed E-state index contributed by atoms with van der Waals surface area (Å²) in [6.45, 7) is -2.37. The van der Waals surface area contributed by atoms with Crippen LogP contribution in [-0.4, -0.2) is 0 Å². The van der Waals surface area contributed by atoms with Gasteiger partial charge in [0.15, 0.2) is 0 Å². The van der Waals surface area contributed by atoms with Crippen LogP contribution in [0.5, 0.6) is 0 Å². The Balaban J connectivity index is 1.14. The summed E-state index contributed by atoms with van der Waals surface area (Å²) in [7, 11) is 0. The van der Waals surface area contributed by atoms with Crippen molar-refractivity contribution in [3.63, 3.8) is 0 Å². The van der Waals surface area contributed by atoms with Gasteiger partial charge in [0.2, 0.25) is 0 Å². The minimum atomic E-state index is -2.37. The van der Waals surface area contributed by atoms with Gasteiger partial charge >= 0.3 is 0 Å². The van der Waals surface area contributed by atoms with Crippen LogP contribution in [0, 0.1) is 6.85 Å². The normalized spacial score (nSPS) is 14.0. The lowest BCUT2D eigenvalue weighted by atomic mass is 9.64. The molecular weight excluding hydrogens is 809 g/mol. The molecule has 64 heavy (non-hydrogen) atoms. The standard InChI is InChI=1S/C62H42S2/c1-41-34-39-53-61(64-56-33-19-16-30-52(56)62(53)50-28-14-17-31-54(50)63-55-32-18-15-29-51(55)62)57(41)46-35-37-47(38-36-46)59-49(43-22-8-3-9-23-43)40-48(42-20-6-2-7-21-42)58(44-24-10-4-11-25-44)60(59)45-26-12-5-13-27-45/h2-40H,1H3/i1D3. The number of hydrogen-bond acceptors (Lipinski definition) is 2. The molecule has 0 aliphatic carbocycles. The molecule has 10 aromatic rings. The van der Waals surface area contributed by atoms with E-state index >= 15 is 0 Å². The average Bonchev–Trinajstić information content (AvgIpc) is 3.38. The highest BCUT2D eigenvalue weighted by atomic mass is 32.2. The van der Waals surface area contributed by atoms with Gasteiger partial charge in [0.05, 0.1) is 5.41 Å². The van der Waals surface area contributed by atoms with Crippen molar-refractivity contribution in [2.45, 2.75) is 31.8 Å². The third-order valence-corrected chi connectivity index (χ3v) is 15.3. The summed E-state index contributed by atoms with van der Waals surface area (Å²) in [4.78, 5) is 4.51. The van der Waals surface area contributed by atoms with E-state index < -0.39 is 12.3 Å². The SMILES string of the molecule is [2H]C([2H])([2H])c1ccc2c(c1-c1ccc(-c3c(-c4ccccc4)cc(-c4ccccc4)c(-c4ccccc4)c3-c3ccccc3)cc1)Sc1ccccc1C21c2ccccc2Sc2ccccc21. The molecule has 302 valence electrons. The highest BCUT2D eigenvalue weighted by molar-refractivity contribution is 8.00. The Morgan fingerprint density at radius 1 is 0.312 bits per heavy atom. The molecule has 0 N–H and O–H groups in total. The summed E-state index contributed by atoms with van der Waals surface area (Å²) in [5.41, 5.74) is 17.3. The molecule has 10 aromatic carbocycles. The maximum absolute atomic E-state index is 9.04. The summed E-state index contributed by atoms with van der Waals surface area (Å²) in [5, 5.41) is 0. The highest BCUT2D eigenvalue weighted by Gasteiger charge is 2.49. The Bertz CT molecular complexity index is 3410. The first-order valence-corrected chi connectivity index (χ1v) is 23.4. The first-order chi connectivity index (χ1) is 32.9. The van der Waals surface area contributed by atoms with Gasteiger partial charge in [0, 0.05) is 23.7 Å². The molecule has 0 fully saturated rings. The van der Waals surface area contributed by atoms with Gasteiger partial charge in [-0.1, -0.05) is 236 Å². The van der Waals surface area contributed by atoms with Crippen LogP contribution in [0.4, 0.5) is 0 Å². The second kappa shape index (κ2) is 15.9. The molecular formula is C62H42S2. The van der Waals surface area contributed by atoms with E-state index in [9.17, 15) is 0 Å². The lowest BCUT2D eigenvalue weighted by molar-refractivity contribution is 0.667. The number of hydrogen-bond donors (Lipinski definition) is 0. The first kappa shape index (κ1) is 35.4. The molecule has 2 aliphatic rings. The summed E-state index contributed by atoms with van der Waals surface area (Å²) in [5.74, 6) is 0. The van der Waals surface area contributed by atoms with Crippen molar-refractivity contribution in [2.24, 2.45) is 0 Å². The van der Waals surface area contributed by atoms with E-state index in [2.05, 4.69) is 231 Å². The Morgan fingerprint density at radius 3 is 1.16 bits per heavy atom. The van der Waals surface area contributed by atoms with Crippen LogP contribution in [-0.2, 0) is 5.41 Å². The Labute approximate surface area is 388 Å². The molecule has 0 atom stereocenters. The van der Waals surface area contributed by atoms with Crippen molar-refractivity contribution in [3.8, 4) is 66.8 Å². The van der Waals surface area contributed by atoms with E-state index in [0.717, 1.165) is 82.1 Å². The van der Waals surface area contributed by atoms with Gasteiger partial charge < -0.3 is 0 Å². The van der Waals surface area contributed by atoms with Crippen LogP contribution in [0.2, 0.25) is 0 Å². The number of benzene rings is 10. The van der Waals surface area contributed by atoms with E-state index in [-0.39, 0.29) is 0 Å².